The number of nitrogens with zero attached hydrogens (tertiary/aromatic N) is 2. The molecule has 2 fully saturated rings. The summed E-state index contributed by atoms with van der Waals surface area (Å²) in [6, 6.07) is 6.09. The molecule has 0 N–H and O–H groups in total. The Labute approximate surface area is 149 Å². The topological polar surface area (TPSA) is 40.6 Å². The molecule has 25 heavy (non-hydrogen) atoms. The highest BCUT2D eigenvalue weighted by atomic mass is 19.1. The Bertz CT molecular complexity index is 613. The van der Waals surface area contributed by atoms with Crippen molar-refractivity contribution < 1.29 is 14.0 Å². The number of rotatable bonds is 4. The van der Waals surface area contributed by atoms with Crippen LogP contribution in [0.15, 0.2) is 24.3 Å². The third-order valence-corrected chi connectivity index (χ3v) is 5.48. The lowest BCUT2D eigenvalue weighted by molar-refractivity contribution is -0.131. The minimum Gasteiger partial charge on any atom is -0.341 e. The molecule has 1 aromatic rings. The van der Waals surface area contributed by atoms with Gasteiger partial charge in [-0.05, 0) is 30.9 Å². The van der Waals surface area contributed by atoms with E-state index in [1.54, 1.807) is 17.0 Å². The third-order valence-electron chi connectivity index (χ3n) is 5.48. The number of amides is 2. The van der Waals surface area contributed by atoms with Crippen LogP contribution in [0.25, 0.3) is 0 Å². The van der Waals surface area contributed by atoms with Gasteiger partial charge in [-0.3, -0.25) is 9.59 Å². The molecule has 0 bridgehead atoms. The molecule has 0 unspecified atom stereocenters. The van der Waals surface area contributed by atoms with Gasteiger partial charge in [0.2, 0.25) is 5.91 Å². The van der Waals surface area contributed by atoms with Crippen LogP contribution >= 0.6 is 0 Å². The van der Waals surface area contributed by atoms with Crippen LogP contribution in [0.3, 0.4) is 0 Å². The fourth-order valence-corrected chi connectivity index (χ4v) is 3.96. The van der Waals surface area contributed by atoms with Crippen LogP contribution in [0.4, 0.5) is 4.39 Å². The predicted molar refractivity (Wildman–Crippen MR) is 94.7 cm³/mol. The molecule has 0 atom stereocenters. The smallest absolute Gasteiger partial charge is 0.256 e. The van der Waals surface area contributed by atoms with Crippen LogP contribution in [0.5, 0.6) is 0 Å². The fraction of sp³-hybridized carbons (Fsp3) is 0.600. The Morgan fingerprint density at radius 1 is 0.960 bits per heavy atom. The third kappa shape index (κ3) is 4.59. The maximum Gasteiger partial charge on any atom is 0.256 e. The molecule has 1 aliphatic carbocycles. The highest BCUT2D eigenvalue weighted by Crippen LogP contribution is 2.28. The second-order valence-corrected chi connectivity index (χ2v) is 7.20. The van der Waals surface area contributed by atoms with Crippen molar-refractivity contribution in [2.45, 2.75) is 44.9 Å². The highest BCUT2D eigenvalue weighted by molar-refractivity contribution is 5.94. The van der Waals surface area contributed by atoms with E-state index in [1.165, 1.54) is 37.8 Å². The second kappa shape index (κ2) is 8.45. The minimum atomic E-state index is -0.485. The molecule has 2 amide bonds. The number of benzene rings is 1. The number of hydrogen-bond donors (Lipinski definition) is 0. The summed E-state index contributed by atoms with van der Waals surface area (Å²) in [5, 5.41) is 0. The minimum absolute atomic E-state index is 0.114. The zero-order valence-corrected chi connectivity index (χ0v) is 14.8. The van der Waals surface area contributed by atoms with Crippen LogP contribution < -0.4 is 0 Å². The first-order valence-electron chi connectivity index (χ1n) is 9.47. The van der Waals surface area contributed by atoms with Crippen molar-refractivity contribution in [2.24, 2.45) is 5.92 Å². The monoisotopic (exact) mass is 346 g/mol. The first kappa shape index (κ1) is 17.9. The Morgan fingerprint density at radius 2 is 1.64 bits per heavy atom. The summed E-state index contributed by atoms with van der Waals surface area (Å²) in [4.78, 5) is 28.6. The van der Waals surface area contributed by atoms with Gasteiger partial charge in [-0.2, -0.15) is 0 Å². The molecular weight excluding hydrogens is 319 g/mol. The first-order chi connectivity index (χ1) is 12.1. The van der Waals surface area contributed by atoms with Crippen molar-refractivity contribution in [3.05, 3.63) is 35.6 Å². The lowest BCUT2D eigenvalue weighted by atomic mass is 10.0. The molecule has 4 nitrogen and oxygen atoms in total. The Kier molecular flexibility index (Phi) is 6.05. The van der Waals surface area contributed by atoms with Gasteiger partial charge in [0.1, 0.15) is 5.82 Å². The van der Waals surface area contributed by atoms with Crippen molar-refractivity contribution in [3.63, 3.8) is 0 Å². The standard InChI is InChI=1S/C20H27FN2O2/c21-18-9-4-3-8-17(18)20(25)23-13-5-12-22(14-15-23)19(24)11-10-16-6-1-2-7-16/h3-4,8-9,16H,1-2,5-7,10-15H2. The van der Waals surface area contributed by atoms with E-state index in [0.717, 1.165) is 18.8 Å². The molecule has 1 saturated heterocycles. The van der Waals surface area contributed by atoms with E-state index >= 15 is 0 Å². The van der Waals surface area contributed by atoms with E-state index in [0.29, 0.717) is 32.6 Å². The van der Waals surface area contributed by atoms with Gasteiger partial charge in [-0.1, -0.05) is 37.8 Å². The van der Waals surface area contributed by atoms with Gasteiger partial charge in [-0.25, -0.2) is 4.39 Å². The largest absolute Gasteiger partial charge is 0.341 e. The summed E-state index contributed by atoms with van der Waals surface area (Å²) in [7, 11) is 0. The maximum atomic E-state index is 13.8. The molecule has 5 heteroatoms. The lowest BCUT2D eigenvalue weighted by Crippen LogP contribution is -2.37. The summed E-state index contributed by atoms with van der Waals surface area (Å²) in [6.45, 7) is 2.27. The molecule has 1 aliphatic heterocycles. The molecule has 1 heterocycles. The van der Waals surface area contributed by atoms with E-state index in [1.807, 2.05) is 4.90 Å². The fourth-order valence-electron chi connectivity index (χ4n) is 3.96. The van der Waals surface area contributed by atoms with E-state index in [4.69, 9.17) is 0 Å². The second-order valence-electron chi connectivity index (χ2n) is 7.20. The summed E-state index contributed by atoms with van der Waals surface area (Å²) in [5.41, 5.74) is 0.114. The van der Waals surface area contributed by atoms with Gasteiger partial charge < -0.3 is 9.80 Å². The van der Waals surface area contributed by atoms with Crippen LogP contribution in [-0.4, -0.2) is 47.8 Å². The van der Waals surface area contributed by atoms with Gasteiger partial charge in [0, 0.05) is 32.6 Å². The summed E-state index contributed by atoms with van der Waals surface area (Å²) in [6.07, 6.45) is 7.48. The maximum absolute atomic E-state index is 13.8. The molecule has 136 valence electrons. The van der Waals surface area contributed by atoms with Gasteiger partial charge in [0.25, 0.3) is 5.91 Å². The number of halogens is 1. The molecule has 1 saturated carbocycles. The van der Waals surface area contributed by atoms with Gasteiger partial charge in [0.15, 0.2) is 0 Å². The van der Waals surface area contributed by atoms with Crippen molar-refractivity contribution in [2.75, 3.05) is 26.2 Å². The molecule has 0 aromatic heterocycles. The summed E-state index contributed by atoms with van der Waals surface area (Å²) in [5.74, 6) is 0.154. The van der Waals surface area contributed by atoms with Crippen LogP contribution in [0.2, 0.25) is 0 Å². The molecule has 0 spiro atoms. The Morgan fingerprint density at radius 3 is 2.40 bits per heavy atom. The quantitative estimate of drug-likeness (QED) is 0.837. The van der Waals surface area contributed by atoms with Crippen molar-refractivity contribution in [1.82, 2.24) is 9.80 Å². The van der Waals surface area contributed by atoms with Crippen molar-refractivity contribution in [3.8, 4) is 0 Å². The van der Waals surface area contributed by atoms with Gasteiger partial charge in [-0.15, -0.1) is 0 Å². The van der Waals surface area contributed by atoms with Crippen LogP contribution in [0.1, 0.15) is 55.3 Å². The highest BCUT2D eigenvalue weighted by Gasteiger charge is 2.25. The zero-order valence-electron chi connectivity index (χ0n) is 14.8. The van der Waals surface area contributed by atoms with E-state index < -0.39 is 5.82 Å². The number of carbonyl (C=O) groups excluding carboxylic acids is 2. The SMILES string of the molecule is O=C(CCC1CCCC1)N1CCCN(C(=O)c2ccccc2F)CC1. The average molecular weight is 346 g/mol. The average Bonchev–Trinajstić information content (AvgIpc) is 3.02. The van der Waals surface area contributed by atoms with Crippen molar-refractivity contribution >= 4 is 11.8 Å². The molecule has 3 rings (SSSR count). The van der Waals surface area contributed by atoms with E-state index in [2.05, 4.69) is 0 Å². The number of hydrogen-bond acceptors (Lipinski definition) is 2. The Hall–Kier alpha value is -1.91. The summed E-state index contributed by atoms with van der Waals surface area (Å²) < 4.78 is 13.8. The molecule has 2 aliphatic rings. The van der Waals surface area contributed by atoms with Gasteiger partial charge >= 0.3 is 0 Å². The normalized spacial score (nSPS) is 19.1. The molecular formula is C20H27FN2O2. The van der Waals surface area contributed by atoms with Crippen molar-refractivity contribution in [1.29, 1.82) is 0 Å². The Balaban J connectivity index is 1.52. The first-order valence-corrected chi connectivity index (χ1v) is 9.47. The van der Waals surface area contributed by atoms with Crippen LogP contribution in [-0.2, 0) is 4.79 Å². The predicted octanol–water partition coefficient (Wildman–Crippen LogP) is 3.47. The van der Waals surface area contributed by atoms with Gasteiger partial charge in [0.05, 0.1) is 5.56 Å². The molecule has 0 radical (unpaired) electrons. The number of carbonyl (C=O) groups is 2. The van der Waals surface area contributed by atoms with Crippen LogP contribution in [0, 0.1) is 11.7 Å². The summed E-state index contributed by atoms with van der Waals surface area (Å²) >= 11 is 0. The lowest BCUT2D eigenvalue weighted by Gasteiger charge is -2.23. The van der Waals surface area contributed by atoms with E-state index in [-0.39, 0.29) is 17.4 Å². The zero-order chi connectivity index (χ0) is 17.6. The molecule has 1 aromatic carbocycles. The van der Waals surface area contributed by atoms with E-state index in [9.17, 15) is 14.0 Å².